The fourth-order valence-electron chi connectivity index (χ4n) is 2.76. The molecule has 0 amide bonds. The van der Waals surface area contributed by atoms with Crippen LogP contribution in [0.5, 0.6) is 11.5 Å². The number of rotatable bonds is 0. The first-order valence-corrected chi connectivity index (χ1v) is 6.72. The van der Waals surface area contributed by atoms with Crippen LogP contribution in [0.25, 0.3) is 0 Å². The Hall–Kier alpha value is -2.36. The quantitative estimate of drug-likeness (QED) is 0.768. The number of hydrogen-bond acceptors (Lipinski definition) is 4. The molecule has 0 radical (unpaired) electrons. The maximum Gasteiger partial charge on any atom is 0.236 e. The van der Waals surface area contributed by atoms with E-state index in [1.807, 2.05) is 62.4 Å². The Morgan fingerprint density at radius 2 is 1.10 bits per heavy atom. The van der Waals surface area contributed by atoms with Crippen molar-refractivity contribution in [2.24, 2.45) is 0 Å². The van der Waals surface area contributed by atoms with Crippen LogP contribution in [0.4, 0.5) is 11.4 Å². The molecule has 2 aliphatic rings. The van der Waals surface area contributed by atoms with Gasteiger partial charge in [-0.15, -0.1) is 0 Å². The Kier molecular flexibility index (Phi) is 2.06. The molecule has 0 bridgehead atoms. The van der Waals surface area contributed by atoms with Gasteiger partial charge in [0.1, 0.15) is 11.5 Å². The molecule has 2 aliphatic heterocycles. The van der Waals surface area contributed by atoms with E-state index >= 15 is 0 Å². The lowest BCUT2D eigenvalue weighted by Gasteiger charge is -2.53. The topological polar surface area (TPSA) is 42.5 Å². The third kappa shape index (κ3) is 1.42. The smallest absolute Gasteiger partial charge is 0.236 e. The van der Waals surface area contributed by atoms with Crippen molar-refractivity contribution in [3.8, 4) is 11.5 Å². The summed E-state index contributed by atoms with van der Waals surface area (Å²) in [5.74, 6) is 1.64. The van der Waals surface area contributed by atoms with Crippen molar-refractivity contribution in [3.05, 3.63) is 48.5 Å². The first kappa shape index (κ1) is 11.5. The predicted octanol–water partition coefficient (Wildman–Crippen LogP) is 3.43. The Morgan fingerprint density at radius 1 is 0.700 bits per heavy atom. The zero-order valence-electron chi connectivity index (χ0n) is 11.4. The number of nitrogens with one attached hydrogen (secondary N) is 2. The minimum absolute atomic E-state index is 0.685. The molecule has 2 atom stereocenters. The standard InChI is InChI=1S/C16H16N2O2/c1-15-16(2,18-12-8-4-5-9-13(12)19-15)20-14-10-6-3-7-11(14)17-15/h3-10,17-18H,1-2H3/t15-,16-/m0/s1. The van der Waals surface area contributed by atoms with Gasteiger partial charge in [0, 0.05) is 13.8 Å². The van der Waals surface area contributed by atoms with Gasteiger partial charge in [-0.2, -0.15) is 0 Å². The van der Waals surface area contributed by atoms with Gasteiger partial charge in [0.15, 0.2) is 0 Å². The van der Waals surface area contributed by atoms with Crippen molar-refractivity contribution in [3.63, 3.8) is 0 Å². The monoisotopic (exact) mass is 268 g/mol. The minimum Gasteiger partial charge on any atom is -0.460 e. The molecule has 2 N–H and O–H groups in total. The Labute approximate surface area is 117 Å². The van der Waals surface area contributed by atoms with Crippen molar-refractivity contribution in [1.82, 2.24) is 0 Å². The summed E-state index contributed by atoms with van der Waals surface area (Å²) >= 11 is 0. The third-order valence-corrected chi connectivity index (χ3v) is 4.06. The minimum atomic E-state index is -0.685. The molecule has 0 aromatic heterocycles. The van der Waals surface area contributed by atoms with Crippen LogP contribution in [0.1, 0.15) is 13.8 Å². The van der Waals surface area contributed by atoms with Gasteiger partial charge >= 0.3 is 0 Å². The maximum atomic E-state index is 6.18. The second-order valence-electron chi connectivity index (χ2n) is 5.51. The van der Waals surface area contributed by atoms with E-state index in [9.17, 15) is 0 Å². The predicted molar refractivity (Wildman–Crippen MR) is 78.2 cm³/mol. The van der Waals surface area contributed by atoms with E-state index in [-0.39, 0.29) is 0 Å². The number of hydrogen-bond donors (Lipinski definition) is 2. The lowest BCUT2D eigenvalue weighted by Crippen LogP contribution is -2.70. The van der Waals surface area contributed by atoms with Crippen LogP contribution >= 0.6 is 0 Å². The number of ether oxygens (including phenoxy) is 2. The van der Waals surface area contributed by atoms with Crippen molar-refractivity contribution < 1.29 is 9.47 Å². The molecule has 102 valence electrons. The highest BCUT2D eigenvalue weighted by atomic mass is 16.6. The highest BCUT2D eigenvalue weighted by molar-refractivity contribution is 5.66. The van der Waals surface area contributed by atoms with Crippen molar-refractivity contribution in [2.75, 3.05) is 10.6 Å². The highest BCUT2D eigenvalue weighted by Gasteiger charge is 2.55. The van der Waals surface area contributed by atoms with Crippen LogP contribution in [0, 0.1) is 0 Å². The van der Waals surface area contributed by atoms with Crippen LogP contribution in [0.2, 0.25) is 0 Å². The number of fused-ring (bicyclic) bond motifs is 3. The molecule has 4 rings (SSSR count). The van der Waals surface area contributed by atoms with Gasteiger partial charge in [-0.05, 0) is 24.3 Å². The van der Waals surface area contributed by atoms with E-state index in [4.69, 9.17) is 9.47 Å². The van der Waals surface area contributed by atoms with Gasteiger partial charge in [-0.25, -0.2) is 0 Å². The molecule has 20 heavy (non-hydrogen) atoms. The Bertz CT molecular complexity index is 574. The van der Waals surface area contributed by atoms with Crippen molar-refractivity contribution in [2.45, 2.75) is 25.3 Å². The highest BCUT2D eigenvalue weighted by Crippen LogP contribution is 2.47. The molecule has 0 spiro atoms. The molecule has 4 heteroatoms. The summed E-state index contributed by atoms with van der Waals surface area (Å²) in [7, 11) is 0. The maximum absolute atomic E-state index is 6.18. The Balaban J connectivity index is 1.83. The van der Waals surface area contributed by atoms with Crippen LogP contribution < -0.4 is 20.1 Å². The molecule has 4 nitrogen and oxygen atoms in total. The van der Waals surface area contributed by atoms with Crippen LogP contribution in [-0.2, 0) is 0 Å². The van der Waals surface area contributed by atoms with E-state index in [2.05, 4.69) is 10.6 Å². The molecule has 0 aliphatic carbocycles. The van der Waals surface area contributed by atoms with Gasteiger partial charge in [-0.3, -0.25) is 0 Å². The first-order chi connectivity index (χ1) is 9.60. The van der Waals surface area contributed by atoms with Crippen LogP contribution in [0.3, 0.4) is 0 Å². The second-order valence-corrected chi connectivity index (χ2v) is 5.51. The fourth-order valence-corrected chi connectivity index (χ4v) is 2.76. The van der Waals surface area contributed by atoms with E-state index < -0.39 is 11.4 Å². The Morgan fingerprint density at radius 3 is 1.55 bits per heavy atom. The molecular weight excluding hydrogens is 252 g/mol. The summed E-state index contributed by atoms with van der Waals surface area (Å²) in [6.45, 7) is 3.98. The second kappa shape index (κ2) is 3.60. The van der Waals surface area contributed by atoms with E-state index in [1.54, 1.807) is 0 Å². The molecule has 2 aromatic rings. The average molecular weight is 268 g/mol. The van der Waals surface area contributed by atoms with Gasteiger partial charge < -0.3 is 20.1 Å². The molecule has 0 unspecified atom stereocenters. The third-order valence-electron chi connectivity index (χ3n) is 4.06. The SMILES string of the molecule is C[C@@]12Nc3ccccc3O[C@]1(C)Nc1ccccc1O2. The van der Waals surface area contributed by atoms with Crippen molar-refractivity contribution >= 4 is 11.4 Å². The van der Waals surface area contributed by atoms with Gasteiger partial charge in [0.2, 0.25) is 11.4 Å². The van der Waals surface area contributed by atoms with E-state index in [0.717, 1.165) is 22.9 Å². The average Bonchev–Trinajstić information content (AvgIpc) is 2.42. The van der Waals surface area contributed by atoms with E-state index in [0.29, 0.717) is 0 Å². The number of benzene rings is 2. The lowest BCUT2D eigenvalue weighted by atomic mass is 9.96. The van der Waals surface area contributed by atoms with E-state index in [1.165, 1.54) is 0 Å². The molecular formula is C16H16N2O2. The summed E-state index contributed by atoms with van der Waals surface area (Å²) in [6, 6.07) is 15.8. The van der Waals surface area contributed by atoms with Gasteiger partial charge in [-0.1, -0.05) is 24.3 Å². The van der Waals surface area contributed by atoms with Crippen LogP contribution in [0.15, 0.2) is 48.5 Å². The summed E-state index contributed by atoms with van der Waals surface area (Å²) in [4.78, 5) is 0. The summed E-state index contributed by atoms with van der Waals surface area (Å²) in [5, 5.41) is 6.89. The lowest BCUT2D eigenvalue weighted by molar-refractivity contribution is -0.0769. The van der Waals surface area contributed by atoms with Crippen LogP contribution in [-0.4, -0.2) is 11.4 Å². The molecule has 2 aromatic carbocycles. The zero-order valence-corrected chi connectivity index (χ0v) is 11.4. The number of anilines is 2. The largest absolute Gasteiger partial charge is 0.460 e. The molecule has 2 heterocycles. The fraction of sp³-hybridized carbons (Fsp3) is 0.250. The zero-order chi connectivity index (χ0) is 13.8. The molecule has 0 saturated heterocycles. The molecule has 0 fully saturated rings. The normalized spacial score (nSPS) is 29.5. The molecule has 0 saturated carbocycles. The summed E-state index contributed by atoms with van der Waals surface area (Å²) in [6.07, 6.45) is 0. The van der Waals surface area contributed by atoms with Gasteiger partial charge in [0.05, 0.1) is 11.4 Å². The first-order valence-electron chi connectivity index (χ1n) is 6.72. The number of para-hydroxylation sites is 4. The van der Waals surface area contributed by atoms with Crippen molar-refractivity contribution in [1.29, 1.82) is 0 Å². The van der Waals surface area contributed by atoms with Gasteiger partial charge in [0.25, 0.3) is 0 Å². The summed E-state index contributed by atoms with van der Waals surface area (Å²) in [5.41, 5.74) is 0.508. The summed E-state index contributed by atoms with van der Waals surface area (Å²) < 4.78 is 12.4.